The molecule has 1 aromatic rings. The van der Waals surface area contributed by atoms with Crippen molar-refractivity contribution in [3.63, 3.8) is 0 Å². The highest BCUT2D eigenvalue weighted by Crippen LogP contribution is 2.26. The fraction of sp³-hybridized carbons (Fsp3) is 0.400. The lowest BCUT2D eigenvalue weighted by Gasteiger charge is -2.28. The normalized spacial score (nSPS) is 14.5. The van der Waals surface area contributed by atoms with E-state index in [4.69, 9.17) is 9.84 Å². The van der Waals surface area contributed by atoms with Crippen molar-refractivity contribution in [3.8, 4) is 0 Å². The third-order valence-corrected chi connectivity index (χ3v) is 3.29. The number of amides is 2. The van der Waals surface area contributed by atoms with Gasteiger partial charge in [-0.1, -0.05) is 0 Å². The minimum atomic E-state index is -1.13. The van der Waals surface area contributed by atoms with Crippen LogP contribution in [0, 0.1) is 0 Å². The highest BCUT2D eigenvalue weighted by Gasteiger charge is 2.39. The molecule has 0 spiro atoms. The van der Waals surface area contributed by atoms with Gasteiger partial charge in [-0.15, -0.1) is 0 Å². The van der Waals surface area contributed by atoms with Gasteiger partial charge in [-0.2, -0.15) is 0 Å². The molecule has 0 aliphatic carbocycles. The van der Waals surface area contributed by atoms with Gasteiger partial charge in [0.1, 0.15) is 0 Å². The predicted molar refractivity (Wildman–Crippen MR) is 74.5 cm³/mol. The van der Waals surface area contributed by atoms with E-state index < -0.39 is 23.4 Å². The summed E-state index contributed by atoms with van der Waals surface area (Å²) in [5, 5.41) is 8.96. The van der Waals surface area contributed by atoms with E-state index in [1.165, 1.54) is 18.2 Å². The zero-order valence-electron chi connectivity index (χ0n) is 12.2. The van der Waals surface area contributed by atoms with Crippen molar-refractivity contribution in [2.24, 2.45) is 0 Å². The minimum absolute atomic E-state index is 0.0131. The van der Waals surface area contributed by atoms with Crippen molar-refractivity contribution >= 4 is 17.8 Å². The fourth-order valence-electron chi connectivity index (χ4n) is 2.38. The van der Waals surface area contributed by atoms with E-state index in [0.717, 1.165) is 4.90 Å². The first-order valence-electron chi connectivity index (χ1n) is 6.64. The number of nitrogens with zero attached hydrogens (tertiary/aromatic N) is 1. The molecule has 0 bridgehead atoms. The maximum atomic E-state index is 12.3. The third kappa shape index (κ3) is 2.80. The monoisotopic (exact) mass is 291 g/mol. The Labute approximate surface area is 122 Å². The van der Waals surface area contributed by atoms with Crippen LogP contribution in [0.15, 0.2) is 18.2 Å². The van der Waals surface area contributed by atoms with E-state index >= 15 is 0 Å². The van der Waals surface area contributed by atoms with Crippen molar-refractivity contribution in [3.05, 3.63) is 34.9 Å². The number of carbonyl (C=O) groups excluding carboxylic acids is 2. The molecular weight excluding hydrogens is 274 g/mol. The Balaban J connectivity index is 2.32. The van der Waals surface area contributed by atoms with Gasteiger partial charge in [-0.3, -0.25) is 14.5 Å². The molecule has 1 aliphatic heterocycles. The second kappa shape index (κ2) is 5.29. The summed E-state index contributed by atoms with van der Waals surface area (Å²) in [7, 11) is 0. The lowest BCUT2D eigenvalue weighted by molar-refractivity contribution is -0.0263. The molecule has 0 radical (unpaired) electrons. The Kier molecular flexibility index (Phi) is 3.82. The van der Waals surface area contributed by atoms with E-state index in [-0.39, 0.29) is 23.2 Å². The summed E-state index contributed by atoms with van der Waals surface area (Å²) in [6.45, 7) is 6.02. The molecule has 21 heavy (non-hydrogen) atoms. The maximum Gasteiger partial charge on any atom is 0.335 e. The fourth-order valence-corrected chi connectivity index (χ4v) is 2.38. The van der Waals surface area contributed by atoms with E-state index in [2.05, 4.69) is 0 Å². The molecule has 2 amide bonds. The SMILES string of the molecule is CCOC(C)(C)CN1C(=O)c2ccc(C(=O)O)cc2C1=O. The first kappa shape index (κ1) is 15.2. The Hall–Kier alpha value is -2.21. The van der Waals surface area contributed by atoms with Crippen LogP contribution in [-0.2, 0) is 4.74 Å². The lowest BCUT2D eigenvalue weighted by Crippen LogP contribution is -2.43. The number of rotatable bonds is 5. The molecule has 1 heterocycles. The number of aromatic carboxylic acids is 1. The summed E-state index contributed by atoms with van der Waals surface area (Å²) in [5.74, 6) is -2.03. The lowest BCUT2D eigenvalue weighted by atomic mass is 10.1. The second-order valence-electron chi connectivity index (χ2n) is 5.45. The molecule has 6 nitrogen and oxygen atoms in total. The summed E-state index contributed by atoms with van der Waals surface area (Å²) in [6, 6.07) is 3.95. The second-order valence-corrected chi connectivity index (χ2v) is 5.45. The highest BCUT2D eigenvalue weighted by molar-refractivity contribution is 6.22. The van der Waals surface area contributed by atoms with Crippen LogP contribution >= 0.6 is 0 Å². The van der Waals surface area contributed by atoms with E-state index in [9.17, 15) is 14.4 Å². The van der Waals surface area contributed by atoms with Crippen LogP contribution in [0.4, 0.5) is 0 Å². The molecule has 0 saturated heterocycles. The average Bonchev–Trinajstić information content (AvgIpc) is 2.63. The van der Waals surface area contributed by atoms with Crippen LogP contribution < -0.4 is 0 Å². The molecule has 0 saturated carbocycles. The number of carboxylic acids is 1. The van der Waals surface area contributed by atoms with Crippen LogP contribution in [0.1, 0.15) is 51.8 Å². The number of imide groups is 1. The predicted octanol–water partition coefficient (Wildman–Crippen LogP) is 1.80. The van der Waals surface area contributed by atoms with Gasteiger partial charge in [0.25, 0.3) is 11.8 Å². The van der Waals surface area contributed by atoms with Gasteiger partial charge in [0, 0.05) is 6.61 Å². The molecule has 1 N–H and O–H groups in total. The molecule has 112 valence electrons. The summed E-state index contributed by atoms with van der Waals surface area (Å²) in [4.78, 5) is 36.7. The van der Waals surface area contributed by atoms with Crippen molar-refractivity contribution in [2.45, 2.75) is 26.4 Å². The summed E-state index contributed by atoms with van der Waals surface area (Å²) < 4.78 is 5.51. The smallest absolute Gasteiger partial charge is 0.335 e. The standard InChI is InChI=1S/C15H17NO5/c1-4-21-15(2,3)8-16-12(17)10-6-5-9(14(19)20)7-11(10)13(16)18/h5-7H,4,8H2,1-3H3,(H,19,20). The van der Waals surface area contributed by atoms with Gasteiger partial charge in [-0.25, -0.2) is 4.79 Å². The number of fused-ring (bicyclic) bond motifs is 1. The molecular formula is C15H17NO5. The van der Waals surface area contributed by atoms with Gasteiger partial charge >= 0.3 is 5.97 Å². The van der Waals surface area contributed by atoms with E-state index in [1.54, 1.807) is 13.8 Å². The van der Waals surface area contributed by atoms with Gasteiger partial charge in [0.2, 0.25) is 0 Å². The van der Waals surface area contributed by atoms with Gasteiger partial charge in [-0.05, 0) is 39.0 Å². The van der Waals surface area contributed by atoms with Crippen molar-refractivity contribution < 1.29 is 24.2 Å². The molecule has 0 unspecified atom stereocenters. The van der Waals surface area contributed by atoms with Crippen LogP contribution in [-0.4, -0.2) is 46.5 Å². The molecule has 0 aromatic heterocycles. The number of ether oxygens (including phenoxy) is 1. The average molecular weight is 291 g/mol. The van der Waals surface area contributed by atoms with Crippen LogP contribution in [0.25, 0.3) is 0 Å². The number of carbonyl (C=O) groups is 3. The Bertz CT molecular complexity index is 620. The molecule has 0 fully saturated rings. The van der Waals surface area contributed by atoms with E-state index in [1.807, 2.05) is 6.92 Å². The van der Waals surface area contributed by atoms with Crippen LogP contribution in [0.3, 0.4) is 0 Å². The summed E-state index contributed by atoms with van der Waals surface area (Å²) >= 11 is 0. The van der Waals surface area contributed by atoms with Crippen molar-refractivity contribution in [2.75, 3.05) is 13.2 Å². The van der Waals surface area contributed by atoms with Crippen LogP contribution in [0.2, 0.25) is 0 Å². The molecule has 2 rings (SSSR count). The first-order chi connectivity index (χ1) is 9.76. The third-order valence-electron chi connectivity index (χ3n) is 3.29. The Morgan fingerprint density at radius 1 is 1.24 bits per heavy atom. The quantitative estimate of drug-likeness (QED) is 0.836. The van der Waals surface area contributed by atoms with Gasteiger partial charge in [0.15, 0.2) is 0 Å². The number of hydrogen-bond acceptors (Lipinski definition) is 4. The van der Waals surface area contributed by atoms with Crippen molar-refractivity contribution in [1.82, 2.24) is 4.90 Å². The summed E-state index contributed by atoms with van der Waals surface area (Å²) in [5.41, 5.74) is -0.303. The Morgan fingerprint density at radius 2 is 1.86 bits per heavy atom. The van der Waals surface area contributed by atoms with Gasteiger partial charge < -0.3 is 9.84 Å². The highest BCUT2D eigenvalue weighted by atomic mass is 16.5. The topological polar surface area (TPSA) is 83.9 Å². The molecule has 1 aliphatic rings. The van der Waals surface area contributed by atoms with E-state index in [0.29, 0.717) is 6.61 Å². The molecule has 0 atom stereocenters. The number of hydrogen-bond donors (Lipinski definition) is 1. The number of benzene rings is 1. The maximum absolute atomic E-state index is 12.3. The molecule has 6 heteroatoms. The Morgan fingerprint density at radius 3 is 2.43 bits per heavy atom. The first-order valence-corrected chi connectivity index (χ1v) is 6.64. The molecule has 1 aromatic carbocycles. The zero-order valence-corrected chi connectivity index (χ0v) is 12.2. The largest absolute Gasteiger partial charge is 0.478 e. The van der Waals surface area contributed by atoms with Crippen LogP contribution in [0.5, 0.6) is 0 Å². The number of carboxylic acid groups (broad SMARTS) is 1. The van der Waals surface area contributed by atoms with Gasteiger partial charge in [0.05, 0.1) is 28.8 Å². The van der Waals surface area contributed by atoms with Crippen molar-refractivity contribution in [1.29, 1.82) is 0 Å². The summed E-state index contributed by atoms with van der Waals surface area (Å²) in [6.07, 6.45) is 0. The minimum Gasteiger partial charge on any atom is -0.478 e. The zero-order chi connectivity index (χ0) is 15.8.